The first-order valence-corrected chi connectivity index (χ1v) is 19.0. The van der Waals surface area contributed by atoms with E-state index in [0.29, 0.717) is 5.92 Å². The van der Waals surface area contributed by atoms with Gasteiger partial charge in [0.2, 0.25) is 0 Å². The molecule has 0 aromatic heterocycles. The molecule has 1 atom stereocenters. The lowest BCUT2D eigenvalue weighted by atomic mass is 9.85. The van der Waals surface area contributed by atoms with Gasteiger partial charge in [-0.15, -0.1) is 0 Å². The number of hydrogen-bond acceptors (Lipinski definition) is 0. The molecule has 0 heterocycles. The third-order valence-electron chi connectivity index (χ3n) is 11.7. The highest BCUT2D eigenvalue weighted by Gasteiger charge is 2.18. The Morgan fingerprint density at radius 2 is 0.722 bits per heavy atom. The van der Waals surface area contributed by atoms with Crippen molar-refractivity contribution in [3.8, 4) is 33.4 Å². The van der Waals surface area contributed by atoms with Crippen molar-refractivity contribution in [1.29, 1.82) is 0 Å². The Morgan fingerprint density at radius 1 is 0.315 bits per heavy atom. The average molecular weight is 685 g/mol. The predicted octanol–water partition coefficient (Wildman–Crippen LogP) is 13.2. The van der Waals surface area contributed by atoms with Gasteiger partial charge in [0, 0.05) is 5.92 Å². The van der Waals surface area contributed by atoms with E-state index in [1.54, 1.807) is 0 Å². The highest BCUT2D eigenvalue weighted by molar-refractivity contribution is 6.22. The second-order valence-electron chi connectivity index (χ2n) is 14.8. The number of rotatable bonds is 4. The molecule has 1 aliphatic carbocycles. The van der Waals surface area contributed by atoms with Crippen LogP contribution in [-0.4, -0.2) is 0 Å². The summed E-state index contributed by atoms with van der Waals surface area (Å²) in [5, 5.41) is 15.4. The molecule has 0 aliphatic heterocycles. The quantitative estimate of drug-likeness (QED) is 0.162. The second-order valence-corrected chi connectivity index (χ2v) is 14.8. The monoisotopic (exact) mass is 684 g/mol. The molecule has 11 rings (SSSR count). The Labute approximate surface area is 314 Å². The van der Waals surface area contributed by atoms with Gasteiger partial charge >= 0.3 is 0 Å². The van der Waals surface area contributed by atoms with E-state index in [1.807, 2.05) is 0 Å². The van der Waals surface area contributed by atoms with Crippen molar-refractivity contribution in [2.75, 3.05) is 0 Å². The van der Waals surface area contributed by atoms with Crippen molar-refractivity contribution in [3.63, 3.8) is 0 Å². The molecule has 0 saturated carbocycles. The van der Waals surface area contributed by atoms with E-state index in [2.05, 4.69) is 200 Å². The van der Waals surface area contributed by atoms with Crippen LogP contribution < -0.4 is 10.4 Å². The van der Waals surface area contributed by atoms with E-state index in [1.165, 1.54) is 103 Å². The molecule has 252 valence electrons. The molecule has 0 radical (unpaired) electrons. The van der Waals surface area contributed by atoms with Gasteiger partial charge in [0.15, 0.2) is 0 Å². The van der Waals surface area contributed by atoms with Crippen molar-refractivity contribution < 1.29 is 0 Å². The summed E-state index contributed by atoms with van der Waals surface area (Å²) in [5.41, 5.74) is 8.94. The first kappa shape index (κ1) is 30.8. The standard InChI is InChI=1S/C54H36/c1-3-11-37-29-39(19-17-35(37)9-1)41-21-23-45-33-47(27-25-43(45)31-41)53-49-13-5-7-15-51(49)54(52-16-8-6-14-50(52)53)48-28-26-44-32-42(22-24-46(44)34-48)40-20-18-36-10-2-4-12-38(36)30-40/h1-19,21-34,40H,20H2. The highest BCUT2D eigenvalue weighted by Crippen LogP contribution is 2.45. The maximum atomic E-state index is 2.43. The fourth-order valence-corrected chi connectivity index (χ4v) is 8.97. The smallest absolute Gasteiger partial charge is 0.00622 e. The minimum Gasteiger partial charge on any atom is -0.0758 e. The van der Waals surface area contributed by atoms with E-state index in [4.69, 9.17) is 0 Å². The Balaban J connectivity index is 1.01. The maximum Gasteiger partial charge on any atom is 0.00622 e. The highest BCUT2D eigenvalue weighted by atomic mass is 14.2. The summed E-state index contributed by atoms with van der Waals surface area (Å²) >= 11 is 0. The van der Waals surface area contributed by atoms with Crippen LogP contribution in [0.4, 0.5) is 0 Å². The van der Waals surface area contributed by atoms with Crippen molar-refractivity contribution in [1.82, 2.24) is 0 Å². The van der Waals surface area contributed by atoms with Crippen LogP contribution in [0, 0.1) is 0 Å². The molecule has 0 bridgehead atoms. The van der Waals surface area contributed by atoms with Gasteiger partial charge in [-0.25, -0.2) is 0 Å². The summed E-state index contributed by atoms with van der Waals surface area (Å²) < 4.78 is 0. The number of benzene rings is 10. The topological polar surface area (TPSA) is 0 Å². The van der Waals surface area contributed by atoms with Gasteiger partial charge in [-0.05, 0) is 134 Å². The summed E-state index contributed by atoms with van der Waals surface area (Å²) in [6.07, 6.45) is 5.85. The fourth-order valence-electron chi connectivity index (χ4n) is 8.97. The van der Waals surface area contributed by atoms with Gasteiger partial charge in [-0.2, -0.15) is 0 Å². The van der Waals surface area contributed by atoms with Crippen LogP contribution in [0.5, 0.6) is 0 Å². The Kier molecular flexibility index (Phi) is 7.10. The van der Waals surface area contributed by atoms with Crippen LogP contribution in [0.25, 0.3) is 99.4 Å². The summed E-state index contributed by atoms with van der Waals surface area (Å²) in [4.78, 5) is 0. The van der Waals surface area contributed by atoms with Crippen molar-refractivity contribution in [3.05, 3.63) is 204 Å². The van der Waals surface area contributed by atoms with Crippen molar-refractivity contribution in [2.45, 2.75) is 12.3 Å². The lowest BCUT2D eigenvalue weighted by Crippen LogP contribution is -2.27. The van der Waals surface area contributed by atoms with Crippen LogP contribution >= 0.6 is 0 Å². The lowest BCUT2D eigenvalue weighted by molar-refractivity contribution is 0.923. The molecule has 0 N–H and O–H groups in total. The predicted molar refractivity (Wildman–Crippen MR) is 232 cm³/mol. The van der Waals surface area contributed by atoms with Gasteiger partial charge in [0.05, 0.1) is 0 Å². The summed E-state index contributed by atoms with van der Waals surface area (Å²) in [7, 11) is 0. The van der Waals surface area contributed by atoms with Crippen molar-refractivity contribution in [2.24, 2.45) is 0 Å². The Hall–Kier alpha value is -6.76. The molecule has 10 aromatic carbocycles. The van der Waals surface area contributed by atoms with Gasteiger partial charge < -0.3 is 0 Å². The number of fused-ring (bicyclic) bond motifs is 6. The van der Waals surface area contributed by atoms with E-state index in [9.17, 15) is 0 Å². The van der Waals surface area contributed by atoms with Gasteiger partial charge in [-0.1, -0.05) is 176 Å². The van der Waals surface area contributed by atoms with Crippen LogP contribution in [-0.2, 0) is 0 Å². The molecule has 0 saturated heterocycles. The van der Waals surface area contributed by atoms with Gasteiger partial charge in [0.1, 0.15) is 0 Å². The molecule has 54 heavy (non-hydrogen) atoms. The molecule has 0 spiro atoms. The van der Waals surface area contributed by atoms with E-state index < -0.39 is 0 Å². The minimum absolute atomic E-state index is 0.395. The summed E-state index contributed by atoms with van der Waals surface area (Å²) in [6.45, 7) is 0. The molecule has 1 unspecified atom stereocenters. The zero-order valence-electron chi connectivity index (χ0n) is 29.8. The van der Waals surface area contributed by atoms with E-state index in [-0.39, 0.29) is 0 Å². The maximum absolute atomic E-state index is 2.43. The fraction of sp³-hybridized carbons (Fsp3) is 0.0370. The molecule has 0 fully saturated rings. The van der Waals surface area contributed by atoms with Crippen LogP contribution in [0.3, 0.4) is 0 Å². The lowest BCUT2D eigenvalue weighted by Gasteiger charge is -2.19. The van der Waals surface area contributed by atoms with Crippen LogP contribution in [0.2, 0.25) is 0 Å². The Morgan fingerprint density at radius 3 is 1.31 bits per heavy atom. The molecule has 10 aromatic rings. The normalized spacial score (nSPS) is 14.0. The third kappa shape index (κ3) is 5.14. The van der Waals surface area contributed by atoms with E-state index in [0.717, 1.165) is 6.42 Å². The van der Waals surface area contributed by atoms with Crippen LogP contribution in [0.15, 0.2) is 188 Å². The molecular weight excluding hydrogens is 649 g/mol. The second kappa shape index (κ2) is 12.4. The Bertz CT molecular complexity index is 3200. The van der Waals surface area contributed by atoms with Crippen molar-refractivity contribution >= 4 is 66.0 Å². The molecular formula is C54H36. The molecule has 0 heteroatoms. The SMILES string of the molecule is C1=c2ccccc2=CC(c2ccc3cc(-c4c5ccccc5c(-c5ccc6cc(-c7ccc8ccccc8c7)ccc6c5)c5ccccc45)ccc3c2)C1. The third-order valence-corrected chi connectivity index (χ3v) is 11.7. The molecule has 0 amide bonds. The molecule has 0 nitrogen and oxygen atoms in total. The largest absolute Gasteiger partial charge is 0.0758 e. The van der Waals surface area contributed by atoms with Gasteiger partial charge in [0.25, 0.3) is 0 Å². The zero-order chi connectivity index (χ0) is 35.6. The van der Waals surface area contributed by atoms with Gasteiger partial charge in [-0.3, -0.25) is 0 Å². The van der Waals surface area contributed by atoms with Crippen LogP contribution in [0.1, 0.15) is 17.9 Å². The number of hydrogen-bond donors (Lipinski definition) is 0. The first-order chi connectivity index (χ1) is 26.7. The van der Waals surface area contributed by atoms with E-state index >= 15 is 0 Å². The first-order valence-electron chi connectivity index (χ1n) is 19.0. The summed E-state index contributed by atoms with van der Waals surface area (Å²) in [6, 6.07) is 69.9. The zero-order valence-corrected chi connectivity index (χ0v) is 29.8. The molecule has 1 aliphatic rings. The summed E-state index contributed by atoms with van der Waals surface area (Å²) in [5.74, 6) is 0.395. The minimum atomic E-state index is 0.395. The average Bonchev–Trinajstić information content (AvgIpc) is 3.24.